The first-order chi connectivity index (χ1) is 8.20. The third-order valence-corrected chi connectivity index (χ3v) is 2.78. The standard InChI is InChI=1S/C10H15F3N2O3/c1-14(6-10(11,12)13)9(18)15-4-2-3-7(5-15)8(16)17/h7H,2-6H2,1H3,(H,16,17)/t7-/m0/s1. The topological polar surface area (TPSA) is 60.9 Å². The van der Waals surface area contributed by atoms with Crippen molar-refractivity contribution in [3.05, 3.63) is 0 Å². The molecule has 1 saturated heterocycles. The fraction of sp³-hybridized carbons (Fsp3) is 0.800. The summed E-state index contributed by atoms with van der Waals surface area (Å²) in [6.45, 7) is -1.07. The number of rotatable bonds is 2. The van der Waals surface area contributed by atoms with Crippen molar-refractivity contribution in [1.82, 2.24) is 9.80 Å². The van der Waals surface area contributed by atoms with Crippen LogP contribution >= 0.6 is 0 Å². The van der Waals surface area contributed by atoms with Gasteiger partial charge in [-0.3, -0.25) is 4.79 Å². The van der Waals surface area contributed by atoms with Gasteiger partial charge in [-0.15, -0.1) is 0 Å². The molecule has 1 heterocycles. The Hall–Kier alpha value is -1.47. The van der Waals surface area contributed by atoms with Gasteiger partial charge in [-0.25, -0.2) is 4.79 Å². The largest absolute Gasteiger partial charge is 0.481 e. The predicted octanol–water partition coefficient (Wildman–Crippen LogP) is 1.40. The van der Waals surface area contributed by atoms with Crippen LogP contribution in [0.15, 0.2) is 0 Å². The lowest BCUT2D eigenvalue weighted by atomic mass is 9.99. The van der Waals surface area contributed by atoms with Crippen LogP contribution in [-0.4, -0.2) is 59.8 Å². The van der Waals surface area contributed by atoms with Gasteiger partial charge in [-0.05, 0) is 12.8 Å². The van der Waals surface area contributed by atoms with E-state index in [1.54, 1.807) is 0 Å². The molecule has 1 fully saturated rings. The van der Waals surface area contributed by atoms with E-state index in [0.29, 0.717) is 24.3 Å². The van der Waals surface area contributed by atoms with Crippen molar-refractivity contribution in [3.8, 4) is 0 Å². The number of alkyl halides is 3. The minimum atomic E-state index is -4.45. The first-order valence-electron chi connectivity index (χ1n) is 5.50. The van der Waals surface area contributed by atoms with E-state index in [1.165, 1.54) is 0 Å². The molecule has 0 spiro atoms. The van der Waals surface area contributed by atoms with Crippen molar-refractivity contribution in [2.45, 2.75) is 19.0 Å². The molecular formula is C10H15F3N2O3. The summed E-state index contributed by atoms with van der Waals surface area (Å²) in [4.78, 5) is 24.2. The number of carbonyl (C=O) groups is 2. The van der Waals surface area contributed by atoms with Gasteiger partial charge in [-0.1, -0.05) is 0 Å². The molecular weight excluding hydrogens is 253 g/mol. The molecule has 0 aromatic rings. The van der Waals surface area contributed by atoms with Crippen LogP contribution in [0, 0.1) is 5.92 Å². The van der Waals surface area contributed by atoms with Crippen LogP contribution < -0.4 is 0 Å². The molecule has 0 saturated carbocycles. The molecule has 0 bridgehead atoms. The molecule has 0 radical (unpaired) electrons. The number of hydrogen-bond acceptors (Lipinski definition) is 2. The molecule has 0 aliphatic carbocycles. The average Bonchev–Trinajstić information content (AvgIpc) is 2.26. The van der Waals surface area contributed by atoms with Crippen LogP contribution in [-0.2, 0) is 4.79 Å². The van der Waals surface area contributed by atoms with Crippen molar-refractivity contribution in [2.24, 2.45) is 5.92 Å². The van der Waals surface area contributed by atoms with Gasteiger partial charge in [-0.2, -0.15) is 13.2 Å². The van der Waals surface area contributed by atoms with Crippen LogP contribution in [0.25, 0.3) is 0 Å². The lowest BCUT2D eigenvalue weighted by Crippen LogP contribution is -2.49. The molecule has 1 atom stereocenters. The lowest BCUT2D eigenvalue weighted by Gasteiger charge is -2.33. The maximum absolute atomic E-state index is 12.1. The van der Waals surface area contributed by atoms with E-state index in [-0.39, 0.29) is 6.54 Å². The number of aliphatic carboxylic acids is 1. The molecule has 1 N–H and O–H groups in total. The molecule has 0 aromatic heterocycles. The summed E-state index contributed by atoms with van der Waals surface area (Å²) >= 11 is 0. The summed E-state index contributed by atoms with van der Waals surface area (Å²) in [5, 5.41) is 8.83. The van der Waals surface area contributed by atoms with Crippen molar-refractivity contribution >= 4 is 12.0 Å². The molecule has 1 rings (SSSR count). The fourth-order valence-corrected chi connectivity index (χ4v) is 1.93. The number of halogens is 3. The van der Waals surface area contributed by atoms with Gasteiger partial charge in [0.15, 0.2) is 0 Å². The van der Waals surface area contributed by atoms with Gasteiger partial charge < -0.3 is 14.9 Å². The van der Waals surface area contributed by atoms with Crippen molar-refractivity contribution in [3.63, 3.8) is 0 Å². The van der Waals surface area contributed by atoms with E-state index in [2.05, 4.69) is 0 Å². The first kappa shape index (κ1) is 14.6. The molecule has 18 heavy (non-hydrogen) atoms. The maximum Gasteiger partial charge on any atom is 0.406 e. The number of nitrogens with zero attached hydrogens (tertiary/aromatic N) is 2. The summed E-state index contributed by atoms with van der Waals surface area (Å²) < 4.78 is 36.4. The van der Waals surface area contributed by atoms with Crippen molar-refractivity contribution in [2.75, 3.05) is 26.7 Å². The number of carbonyl (C=O) groups excluding carboxylic acids is 1. The van der Waals surface area contributed by atoms with Crippen molar-refractivity contribution in [1.29, 1.82) is 0 Å². The van der Waals surface area contributed by atoms with Crippen molar-refractivity contribution < 1.29 is 27.9 Å². The minimum Gasteiger partial charge on any atom is -0.481 e. The third kappa shape index (κ3) is 4.08. The normalized spacial score (nSPS) is 20.7. The predicted molar refractivity (Wildman–Crippen MR) is 56.0 cm³/mol. The monoisotopic (exact) mass is 268 g/mol. The Bertz CT molecular complexity index is 333. The zero-order valence-corrected chi connectivity index (χ0v) is 9.90. The average molecular weight is 268 g/mol. The summed E-state index contributed by atoms with van der Waals surface area (Å²) in [6, 6.07) is -0.779. The number of carboxylic acid groups (broad SMARTS) is 1. The number of amides is 2. The second-order valence-electron chi connectivity index (χ2n) is 4.38. The summed E-state index contributed by atoms with van der Waals surface area (Å²) in [6.07, 6.45) is -3.52. The quantitative estimate of drug-likeness (QED) is 0.823. The molecule has 0 unspecified atom stereocenters. The highest BCUT2D eigenvalue weighted by molar-refractivity contribution is 5.76. The summed E-state index contributed by atoms with van der Waals surface area (Å²) in [5.74, 6) is -1.71. The zero-order chi connectivity index (χ0) is 13.9. The highest BCUT2D eigenvalue weighted by Gasteiger charge is 2.35. The second kappa shape index (κ2) is 5.45. The third-order valence-electron chi connectivity index (χ3n) is 2.78. The number of carboxylic acids is 1. The van der Waals surface area contributed by atoms with Gasteiger partial charge in [0.1, 0.15) is 6.54 Å². The zero-order valence-electron chi connectivity index (χ0n) is 9.90. The Balaban J connectivity index is 2.58. The maximum atomic E-state index is 12.1. The van der Waals surface area contributed by atoms with E-state index >= 15 is 0 Å². The molecule has 0 aromatic carbocycles. The number of hydrogen-bond donors (Lipinski definition) is 1. The number of piperidine rings is 1. The second-order valence-corrected chi connectivity index (χ2v) is 4.38. The smallest absolute Gasteiger partial charge is 0.406 e. The molecule has 5 nitrogen and oxygen atoms in total. The number of likely N-dealkylation sites (tertiary alicyclic amines) is 1. The van der Waals surface area contributed by atoms with Crippen LogP contribution in [0.3, 0.4) is 0 Å². The SMILES string of the molecule is CN(CC(F)(F)F)C(=O)N1CCC[C@H](C(=O)O)C1. The van der Waals surface area contributed by atoms with E-state index in [9.17, 15) is 22.8 Å². The highest BCUT2D eigenvalue weighted by Crippen LogP contribution is 2.20. The number of urea groups is 1. The first-order valence-corrected chi connectivity index (χ1v) is 5.50. The molecule has 1 aliphatic rings. The van der Waals surface area contributed by atoms with Gasteiger partial charge in [0.25, 0.3) is 0 Å². The van der Waals surface area contributed by atoms with Crippen LogP contribution in [0.5, 0.6) is 0 Å². The molecule has 2 amide bonds. The van der Waals surface area contributed by atoms with E-state index < -0.39 is 30.6 Å². The van der Waals surface area contributed by atoms with E-state index in [1.807, 2.05) is 0 Å². The van der Waals surface area contributed by atoms with Gasteiger partial charge in [0.2, 0.25) is 0 Å². The van der Waals surface area contributed by atoms with E-state index in [0.717, 1.165) is 11.9 Å². The lowest BCUT2D eigenvalue weighted by molar-refractivity contribution is -0.144. The fourth-order valence-electron chi connectivity index (χ4n) is 1.93. The van der Waals surface area contributed by atoms with Gasteiger partial charge in [0.05, 0.1) is 5.92 Å². The summed E-state index contributed by atoms with van der Waals surface area (Å²) in [7, 11) is 1.06. The molecule has 104 valence electrons. The van der Waals surface area contributed by atoms with E-state index in [4.69, 9.17) is 5.11 Å². The molecule has 1 aliphatic heterocycles. The minimum absolute atomic E-state index is 0.0314. The van der Waals surface area contributed by atoms with Gasteiger partial charge >= 0.3 is 18.2 Å². The van der Waals surface area contributed by atoms with Gasteiger partial charge in [0, 0.05) is 20.1 Å². The Morgan fingerprint density at radius 3 is 2.56 bits per heavy atom. The molecule has 8 heteroatoms. The summed E-state index contributed by atoms with van der Waals surface area (Å²) in [5.41, 5.74) is 0. The Kier molecular flexibility index (Phi) is 4.42. The highest BCUT2D eigenvalue weighted by atomic mass is 19.4. The Morgan fingerprint density at radius 1 is 1.44 bits per heavy atom. The van der Waals surface area contributed by atoms with Crippen LogP contribution in [0.2, 0.25) is 0 Å². The Labute approximate surface area is 102 Å². The van der Waals surface area contributed by atoms with Crippen LogP contribution in [0.1, 0.15) is 12.8 Å². The van der Waals surface area contributed by atoms with Crippen LogP contribution in [0.4, 0.5) is 18.0 Å². The Morgan fingerprint density at radius 2 is 2.06 bits per heavy atom.